The summed E-state index contributed by atoms with van der Waals surface area (Å²) >= 11 is 0. The van der Waals surface area contributed by atoms with Gasteiger partial charge in [0.05, 0.1) is 24.6 Å². The zero-order chi connectivity index (χ0) is 15.8. The minimum atomic E-state index is -0.480. The van der Waals surface area contributed by atoms with Crippen molar-refractivity contribution in [2.45, 2.75) is 20.3 Å². The largest absolute Gasteiger partial charge is 0.465 e. The smallest absolute Gasteiger partial charge is 0.325 e. The van der Waals surface area contributed by atoms with E-state index in [-0.39, 0.29) is 25.4 Å². The molecule has 0 radical (unpaired) electrons. The van der Waals surface area contributed by atoms with Crippen LogP contribution >= 0.6 is 0 Å². The summed E-state index contributed by atoms with van der Waals surface area (Å²) < 4.78 is 9.81. The number of nitrogens with two attached hydrogens (primary N) is 1. The predicted molar refractivity (Wildman–Crippen MR) is 76.8 cm³/mol. The average molecular weight is 298 g/mol. The SMILES string of the molecule is CCOC(=O)CN(CCOC)C(=O)c1n[nH]c(CC)c1N. The van der Waals surface area contributed by atoms with Crippen molar-refractivity contribution >= 4 is 17.6 Å². The van der Waals surface area contributed by atoms with Crippen LogP contribution < -0.4 is 5.73 Å². The van der Waals surface area contributed by atoms with Gasteiger partial charge in [-0.25, -0.2) is 0 Å². The molecule has 21 heavy (non-hydrogen) atoms. The summed E-state index contributed by atoms with van der Waals surface area (Å²) in [5.74, 6) is -0.902. The first-order chi connectivity index (χ1) is 10.0. The fraction of sp³-hybridized carbons (Fsp3) is 0.615. The molecule has 1 aromatic heterocycles. The third-order valence-electron chi connectivity index (χ3n) is 2.92. The molecule has 0 saturated heterocycles. The molecule has 0 aliphatic carbocycles. The van der Waals surface area contributed by atoms with Gasteiger partial charge in [0.25, 0.3) is 5.91 Å². The van der Waals surface area contributed by atoms with Crippen molar-refractivity contribution in [3.63, 3.8) is 0 Å². The monoisotopic (exact) mass is 298 g/mol. The molecule has 1 heterocycles. The van der Waals surface area contributed by atoms with E-state index < -0.39 is 11.9 Å². The number of aromatic nitrogens is 2. The first-order valence-corrected chi connectivity index (χ1v) is 6.81. The molecule has 118 valence electrons. The maximum Gasteiger partial charge on any atom is 0.325 e. The molecule has 3 N–H and O–H groups in total. The van der Waals surface area contributed by atoms with Crippen LogP contribution in [0, 0.1) is 0 Å². The number of anilines is 1. The topological polar surface area (TPSA) is 111 Å². The number of hydrogen-bond acceptors (Lipinski definition) is 6. The summed E-state index contributed by atoms with van der Waals surface area (Å²) in [5.41, 5.74) is 7.01. The van der Waals surface area contributed by atoms with Gasteiger partial charge in [0.15, 0.2) is 5.69 Å². The van der Waals surface area contributed by atoms with Gasteiger partial charge in [-0.3, -0.25) is 14.7 Å². The lowest BCUT2D eigenvalue weighted by molar-refractivity contribution is -0.143. The molecular weight excluding hydrogens is 276 g/mol. The Morgan fingerprint density at radius 2 is 2.10 bits per heavy atom. The maximum absolute atomic E-state index is 12.4. The van der Waals surface area contributed by atoms with Crippen molar-refractivity contribution in [2.75, 3.05) is 39.1 Å². The number of methoxy groups -OCH3 is 1. The van der Waals surface area contributed by atoms with E-state index in [2.05, 4.69) is 10.2 Å². The van der Waals surface area contributed by atoms with Crippen molar-refractivity contribution in [3.05, 3.63) is 11.4 Å². The molecular formula is C13H22N4O4. The van der Waals surface area contributed by atoms with Crippen LogP contribution in [-0.4, -0.2) is 60.4 Å². The van der Waals surface area contributed by atoms with E-state index in [1.807, 2.05) is 6.92 Å². The minimum Gasteiger partial charge on any atom is -0.465 e. The van der Waals surface area contributed by atoms with Crippen LogP contribution in [0.1, 0.15) is 30.0 Å². The highest BCUT2D eigenvalue weighted by molar-refractivity contribution is 5.99. The Morgan fingerprint density at radius 1 is 1.38 bits per heavy atom. The lowest BCUT2D eigenvalue weighted by Gasteiger charge is -2.20. The van der Waals surface area contributed by atoms with Gasteiger partial charge in [0, 0.05) is 13.7 Å². The Balaban J connectivity index is 2.87. The number of carbonyl (C=O) groups excluding carboxylic acids is 2. The molecule has 0 spiro atoms. The standard InChI is InChI=1S/C13H22N4O4/c1-4-9-11(14)12(16-15-9)13(19)17(6-7-20-3)8-10(18)21-5-2/h4-8,14H2,1-3H3,(H,15,16). The molecule has 8 heteroatoms. The number of nitrogen functional groups attached to an aromatic ring is 1. The number of aryl methyl sites for hydroxylation is 1. The van der Waals surface area contributed by atoms with Crippen molar-refractivity contribution in [1.82, 2.24) is 15.1 Å². The van der Waals surface area contributed by atoms with E-state index in [9.17, 15) is 9.59 Å². The van der Waals surface area contributed by atoms with Gasteiger partial charge in [0.1, 0.15) is 6.54 Å². The first-order valence-electron chi connectivity index (χ1n) is 6.81. The van der Waals surface area contributed by atoms with Gasteiger partial charge in [-0.2, -0.15) is 5.10 Å². The molecule has 0 fully saturated rings. The second-order valence-corrected chi connectivity index (χ2v) is 4.34. The highest BCUT2D eigenvalue weighted by Gasteiger charge is 2.24. The highest BCUT2D eigenvalue weighted by atomic mass is 16.5. The Labute approximate surface area is 123 Å². The number of rotatable bonds is 8. The van der Waals surface area contributed by atoms with E-state index in [1.165, 1.54) is 12.0 Å². The van der Waals surface area contributed by atoms with Crippen LogP contribution in [0.25, 0.3) is 0 Å². The summed E-state index contributed by atoms with van der Waals surface area (Å²) in [4.78, 5) is 25.3. The third kappa shape index (κ3) is 4.45. The molecule has 1 aromatic rings. The van der Waals surface area contributed by atoms with Crippen molar-refractivity contribution in [3.8, 4) is 0 Å². The van der Waals surface area contributed by atoms with Gasteiger partial charge in [-0.15, -0.1) is 0 Å². The van der Waals surface area contributed by atoms with Crippen LogP contribution in [0.4, 0.5) is 5.69 Å². The van der Waals surface area contributed by atoms with E-state index in [0.717, 1.165) is 0 Å². The first kappa shape index (κ1) is 17.0. The lowest BCUT2D eigenvalue weighted by Crippen LogP contribution is -2.39. The van der Waals surface area contributed by atoms with Crippen molar-refractivity contribution in [2.24, 2.45) is 0 Å². The van der Waals surface area contributed by atoms with Crippen LogP contribution in [0.3, 0.4) is 0 Å². The number of amides is 1. The molecule has 1 rings (SSSR count). The molecule has 8 nitrogen and oxygen atoms in total. The van der Waals surface area contributed by atoms with E-state index >= 15 is 0 Å². The lowest BCUT2D eigenvalue weighted by atomic mass is 10.2. The fourth-order valence-electron chi connectivity index (χ4n) is 1.79. The second-order valence-electron chi connectivity index (χ2n) is 4.34. The van der Waals surface area contributed by atoms with Crippen LogP contribution in [-0.2, 0) is 20.7 Å². The van der Waals surface area contributed by atoms with Gasteiger partial charge >= 0.3 is 5.97 Å². The normalized spacial score (nSPS) is 10.4. The summed E-state index contributed by atoms with van der Waals surface area (Å²) in [6.45, 7) is 4.26. The third-order valence-corrected chi connectivity index (χ3v) is 2.92. The number of esters is 1. The number of H-pyrrole nitrogens is 1. The van der Waals surface area contributed by atoms with Gasteiger partial charge in [-0.1, -0.05) is 6.92 Å². The maximum atomic E-state index is 12.4. The molecule has 0 aromatic carbocycles. The molecule has 1 amide bonds. The number of aromatic amines is 1. The number of hydrogen-bond donors (Lipinski definition) is 2. The van der Waals surface area contributed by atoms with E-state index in [1.54, 1.807) is 6.92 Å². The van der Waals surface area contributed by atoms with Gasteiger partial charge < -0.3 is 20.1 Å². The Morgan fingerprint density at radius 3 is 2.62 bits per heavy atom. The quantitative estimate of drug-likeness (QED) is 0.664. The van der Waals surface area contributed by atoms with E-state index in [4.69, 9.17) is 15.2 Å². The number of ether oxygens (including phenoxy) is 2. The zero-order valence-electron chi connectivity index (χ0n) is 12.6. The zero-order valence-corrected chi connectivity index (χ0v) is 12.6. The summed E-state index contributed by atoms with van der Waals surface area (Å²) in [6.07, 6.45) is 0.641. The summed E-state index contributed by atoms with van der Waals surface area (Å²) in [5, 5.41) is 6.66. The number of nitrogens with zero attached hydrogens (tertiary/aromatic N) is 2. The number of carbonyl (C=O) groups is 2. The van der Waals surface area contributed by atoms with E-state index in [0.29, 0.717) is 24.4 Å². The Bertz CT molecular complexity index is 487. The highest BCUT2D eigenvalue weighted by Crippen LogP contribution is 2.16. The van der Waals surface area contributed by atoms with Crippen LogP contribution in [0.15, 0.2) is 0 Å². The number of nitrogens with one attached hydrogen (secondary N) is 1. The Kier molecular flexibility index (Phi) is 6.67. The molecule has 0 bridgehead atoms. The Hall–Kier alpha value is -2.09. The molecule has 0 atom stereocenters. The van der Waals surface area contributed by atoms with Crippen LogP contribution in [0.2, 0.25) is 0 Å². The predicted octanol–water partition coefficient (Wildman–Crippen LogP) is 0.206. The summed E-state index contributed by atoms with van der Waals surface area (Å²) in [7, 11) is 1.52. The minimum absolute atomic E-state index is 0.118. The van der Waals surface area contributed by atoms with Gasteiger partial charge in [-0.05, 0) is 13.3 Å². The molecule has 0 unspecified atom stereocenters. The van der Waals surface area contributed by atoms with Crippen molar-refractivity contribution in [1.29, 1.82) is 0 Å². The molecule has 0 aliphatic heterocycles. The van der Waals surface area contributed by atoms with Gasteiger partial charge in [0.2, 0.25) is 0 Å². The average Bonchev–Trinajstić information content (AvgIpc) is 2.83. The molecule has 0 saturated carbocycles. The molecule has 0 aliphatic rings. The van der Waals surface area contributed by atoms with Crippen LogP contribution in [0.5, 0.6) is 0 Å². The fourth-order valence-corrected chi connectivity index (χ4v) is 1.79. The second kappa shape index (κ2) is 8.25. The summed E-state index contributed by atoms with van der Waals surface area (Å²) in [6, 6.07) is 0. The van der Waals surface area contributed by atoms with Crippen molar-refractivity contribution < 1.29 is 19.1 Å².